The quantitative estimate of drug-likeness (QED) is 0.184. The van der Waals surface area contributed by atoms with Crippen molar-refractivity contribution in [1.82, 2.24) is 9.88 Å². The first kappa shape index (κ1) is 21.5. The van der Waals surface area contributed by atoms with E-state index < -0.39 is 11.8 Å². The molecule has 0 unspecified atom stereocenters. The Balaban J connectivity index is 1.47. The minimum Gasteiger partial charge on any atom is -0.384 e. The van der Waals surface area contributed by atoms with Crippen molar-refractivity contribution in [3.63, 3.8) is 0 Å². The minimum atomic E-state index is -0.538. The molecular formula is C20H12Cl5N3O2. The molecule has 3 aromatic rings. The highest BCUT2D eigenvalue weighted by molar-refractivity contribution is 6.55. The molecule has 10 heteroatoms. The van der Waals surface area contributed by atoms with Gasteiger partial charge >= 0.3 is 0 Å². The Morgan fingerprint density at radius 3 is 2.13 bits per heavy atom. The van der Waals surface area contributed by atoms with Gasteiger partial charge in [-0.1, -0.05) is 58.0 Å². The maximum Gasteiger partial charge on any atom is 0.263 e. The highest BCUT2D eigenvalue weighted by atomic mass is 35.5. The van der Waals surface area contributed by atoms with Gasteiger partial charge in [-0.15, -0.1) is 0 Å². The summed E-state index contributed by atoms with van der Waals surface area (Å²) >= 11 is 30.4. The van der Waals surface area contributed by atoms with E-state index >= 15 is 0 Å². The van der Waals surface area contributed by atoms with E-state index in [1.165, 1.54) is 0 Å². The third-order valence-electron chi connectivity index (χ3n) is 4.76. The number of hydrogen-bond acceptors (Lipinski definition) is 4. The molecule has 2 heterocycles. The molecule has 0 saturated carbocycles. The van der Waals surface area contributed by atoms with Crippen molar-refractivity contribution in [1.29, 1.82) is 0 Å². The topological polar surface area (TPSA) is 62.3 Å². The molecule has 1 aliphatic heterocycles. The van der Waals surface area contributed by atoms with Crippen LogP contribution in [0.1, 0.15) is 27.1 Å². The summed E-state index contributed by atoms with van der Waals surface area (Å²) in [6.07, 6.45) is 2.18. The predicted molar refractivity (Wildman–Crippen MR) is 122 cm³/mol. The Morgan fingerprint density at radius 2 is 1.50 bits per heavy atom. The smallest absolute Gasteiger partial charge is 0.263 e. The highest BCUT2D eigenvalue weighted by Gasteiger charge is 2.41. The van der Waals surface area contributed by atoms with Gasteiger partial charge in [0.15, 0.2) is 0 Å². The van der Waals surface area contributed by atoms with E-state index in [9.17, 15) is 9.59 Å². The number of rotatable bonds is 5. The number of nitrogens with zero attached hydrogens (tertiary/aromatic N) is 2. The number of amides is 2. The first-order valence-electron chi connectivity index (χ1n) is 8.81. The summed E-state index contributed by atoms with van der Waals surface area (Å²) in [5, 5.41) is 4.60. The molecule has 1 aliphatic rings. The number of carbonyl (C=O) groups is 2. The van der Waals surface area contributed by atoms with Gasteiger partial charge < -0.3 is 5.32 Å². The number of anilines is 1. The summed E-state index contributed by atoms with van der Waals surface area (Å²) in [6, 6.07) is 7.31. The molecule has 0 radical (unpaired) electrons. The van der Waals surface area contributed by atoms with Gasteiger partial charge in [0.25, 0.3) is 11.8 Å². The Morgan fingerprint density at radius 1 is 0.867 bits per heavy atom. The number of benzene rings is 2. The molecule has 30 heavy (non-hydrogen) atoms. The molecule has 0 fully saturated rings. The standard InChI is InChI=1S/C20H12Cl5N3O2/c21-9-2-3-10-11(4-6-27-12(10)8-9)26-5-1-7-28-19(29)13-14(20(28)30)16(23)18(25)17(24)15(13)22/h2-4,6,8H,1,5,7H2,(H,26,27). The third-order valence-corrected chi connectivity index (χ3v) is 6.80. The van der Waals surface area contributed by atoms with Gasteiger partial charge in [-0.3, -0.25) is 19.5 Å². The van der Waals surface area contributed by atoms with Crippen LogP contribution in [0, 0.1) is 0 Å². The summed E-state index contributed by atoms with van der Waals surface area (Å²) in [5.74, 6) is -1.08. The van der Waals surface area contributed by atoms with Crippen LogP contribution in [0.2, 0.25) is 25.1 Å². The Kier molecular flexibility index (Phi) is 6.02. The average Bonchev–Trinajstić information content (AvgIpc) is 2.98. The van der Waals surface area contributed by atoms with E-state index in [-0.39, 0.29) is 37.8 Å². The molecule has 0 bridgehead atoms. The number of carbonyl (C=O) groups excluding carboxylic acids is 2. The van der Waals surface area contributed by atoms with Crippen molar-refractivity contribution in [2.75, 3.05) is 18.4 Å². The molecule has 0 aliphatic carbocycles. The van der Waals surface area contributed by atoms with Crippen LogP contribution < -0.4 is 5.32 Å². The lowest BCUT2D eigenvalue weighted by Crippen LogP contribution is -2.31. The van der Waals surface area contributed by atoms with E-state index in [1.54, 1.807) is 18.3 Å². The fourth-order valence-corrected chi connectivity index (χ4v) is 4.51. The molecule has 2 amide bonds. The molecule has 0 saturated heterocycles. The van der Waals surface area contributed by atoms with E-state index in [0.29, 0.717) is 18.0 Å². The molecule has 154 valence electrons. The van der Waals surface area contributed by atoms with Gasteiger partial charge in [-0.05, 0) is 30.7 Å². The average molecular weight is 504 g/mol. The number of imide groups is 1. The van der Waals surface area contributed by atoms with E-state index in [0.717, 1.165) is 21.5 Å². The van der Waals surface area contributed by atoms with Crippen LogP contribution in [0.25, 0.3) is 10.9 Å². The predicted octanol–water partition coefficient (Wildman–Crippen LogP) is 6.60. The van der Waals surface area contributed by atoms with E-state index in [1.807, 2.05) is 12.1 Å². The molecule has 0 spiro atoms. The molecule has 0 atom stereocenters. The summed E-state index contributed by atoms with van der Waals surface area (Å²) in [4.78, 5) is 30.9. The number of halogens is 5. The second kappa shape index (κ2) is 8.40. The fraction of sp³-hybridized carbons (Fsp3) is 0.150. The minimum absolute atomic E-state index is 0.00830. The maximum absolute atomic E-state index is 12.7. The maximum atomic E-state index is 12.7. The molecule has 1 aromatic heterocycles. The first-order valence-corrected chi connectivity index (χ1v) is 10.7. The van der Waals surface area contributed by atoms with Crippen molar-refractivity contribution in [2.45, 2.75) is 6.42 Å². The monoisotopic (exact) mass is 501 g/mol. The zero-order valence-corrected chi connectivity index (χ0v) is 18.9. The molecule has 1 N–H and O–H groups in total. The second-order valence-electron chi connectivity index (χ2n) is 6.57. The van der Waals surface area contributed by atoms with Gasteiger partial charge in [0, 0.05) is 35.4 Å². The van der Waals surface area contributed by atoms with Crippen molar-refractivity contribution < 1.29 is 9.59 Å². The zero-order valence-electron chi connectivity index (χ0n) is 15.1. The lowest BCUT2D eigenvalue weighted by molar-refractivity contribution is 0.0654. The zero-order chi connectivity index (χ0) is 21.6. The lowest BCUT2D eigenvalue weighted by Gasteiger charge is -2.15. The van der Waals surface area contributed by atoms with Gasteiger partial charge in [-0.2, -0.15) is 0 Å². The van der Waals surface area contributed by atoms with E-state index in [2.05, 4.69) is 10.3 Å². The Bertz CT molecular complexity index is 1170. The van der Waals surface area contributed by atoms with Crippen molar-refractivity contribution in [2.24, 2.45) is 0 Å². The molecule has 2 aromatic carbocycles. The lowest BCUT2D eigenvalue weighted by atomic mass is 10.1. The summed E-state index contributed by atoms with van der Waals surface area (Å²) < 4.78 is 0. The van der Waals surface area contributed by atoms with Crippen LogP contribution in [-0.4, -0.2) is 34.8 Å². The largest absolute Gasteiger partial charge is 0.384 e. The Hall–Kier alpha value is -1.76. The van der Waals surface area contributed by atoms with Gasteiger partial charge in [0.05, 0.1) is 36.7 Å². The molecule has 4 rings (SSSR count). The van der Waals surface area contributed by atoms with Crippen LogP contribution in [0.4, 0.5) is 5.69 Å². The fourth-order valence-electron chi connectivity index (χ4n) is 3.33. The van der Waals surface area contributed by atoms with Crippen molar-refractivity contribution in [3.8, 4) is 0 Å². The normalized spacial score (nSPS) is 13.3. The molecule has 5 nitrogen and oxygen atoms in total. The number of pyridine rings is 1. The number of hydrogen-bond donors (Lipinski definition) is 1. The first-order chi connectivity index (χ1) is 14.3. The van der Waals surface area contributed by atoms with E-state index in [4.69, 9.17) is 58.0 Å². The Labute approximate surface area is 196 Å². The van der Waals surface area contributed by atoms with Crippen LogP contribution in [0.3, 0.4) is 0 Å². The molecular weight excluding hydrogens is 492 g/mol. The number of fused-ring (bicyclic) bond motifs is 2. The van der Waals surface area contributed by atoms with Crippen molar-refractivity contribution >= 4 is 86.4 Å². The second-order valence-corrected chi connectivity index (χ2v) is 8.52. The summed E-state index contributed by atoms with van der Waals surface area (Å²) in [5.41, 5.74) is 1.63. The van der Waals surface area contributed by atoms with Gasteiger partial charge in [-0.25, -0.2) is 0 Å². The summed E-state index contributed by atoms with van der Waals surface area (Å²) in [7, 11) is 0. The summed E-state index contributed by atoms with van der Waals surface area (Å²) in [6.45, 7) is 0.689. The van der Waals surface area contributed by atoms with Crippen molar-refractivity contribution in [3.05, 3.63) is 66.7 Å². The SMILES string of the molecule is O=C1c2c(Cl)c(Cl)c(Cl)c(Cl)c2C(=O)N1CCCNc1ccnc2cc(Cl)ccc12. The highest BCUT2D eigenvalue weighted by Crippen LogP contribution is 2.44. The van der Waals surface area contributed by atoms with Crippen LogP contribution >= 0.6 is 58.0 Å². The van der Waals surface area contributed by atoms with Gasteiger partial charge in [0.1, 0.15) is 0 Å². The third kappa shape index (κ3) is 3.59. The van der Waals surface area contributed by atoms with Crippen LogP contribution in [0.15, 0.2) is 30.5 Å². The van der Waals surface area contributed by atoms with Crippen LogP contribution in [0.5, 0.6) is 0 Å². The number of aromatic nitrogens is 1. The number of nitrogens with one attached hydrogen (secondary N) is 1. The van der Waals surface area contributed by atoms with Gasteiger partial charge in [0.2, 0.25) is 0 Å². The van der Waals surface area contributed by atoms with Crippen LogP contribution in [-0.2, 0) is 0 Å².